The zero-order valence-electron chi connectivity index (χ0n) is 34.9. The number of benzene rings is 4. The van der Waals surface area contributed by atoms with Crippen LogP contribution in [0.2, 0.25) is 0 Å². The molecule has 0 aliphatic heterocycles. The number of pyridine rings is 1. The van der Waals surface area contributed by atoms with Crippen LogP contribution in [0.4, 0.5) is 0 Å². The van der Waals surface area contributed by atoms with Crippen molar-refractivity contribution >= 4 is 21.8 Å². The second-order valence-electron chi connectivity index (χ2n) is 17.7. The molecule has 0 saturated carbocycles. The van der Waals surface area contributed by atoms with Crippen molar-refractivity contribution in [1.82, 2.24) is 19.3 Å². The Labute approximate surface area is 348 Å². The Balaban J connectivity index is 0.00000532. The van der Waals surface area contributed by atoms with E-state index < -0.39 is 0 Å². The van der Waals surface area contributed by atoms with E-state index in [-0.39, 0.29) is 31.9 Å². The van der Waals surface area contributed by atoms with Crippen LogP contribution in [-0.2, 0) is 31.9 Å². The fraction of sp³-hybridized carbons (Fsp3) is 0.360. The van der Waals surface area contributed by atoms with Crippen LogP contribution in [0.15, 0.2) is 91.1 Å². The van der Waals surface area contributed by atoms with Gasteiger partial charge < -0.3 is 9.30 Å². The third kappa shape index (κ3) is 8.30. The molecular formula is C50H56N4OPt. The van der Waals surface area contributed by atoms with Crippen LogP contribution in [0.5, 0.6) is 11.5 Å². The topological polar surface area (TPSA) is 44.9 Å². The Morgan fingerprint density at radius 3 is 2.20 bits per heavy atom. The van der Waals surface area contributed by atoms with Gasteiger partial charge in [-0.05, 0) is 88.9 Å². The predicted octanol–water partition coefficient (Wildman–Crippen LogP) is 13.6. The molecule has 0 fully saturated rings. The molecule has 6 heteroatoms. The van der Waals surface area contributed by atoms with Crippen molar-refractivity contribution in [3.05, 3.63) is 131 Å². The van der Waals surface area contributed by atoms with Gasteiger partial charge in [-0.3, -0.25) is 4.68 Å². The van der Waals surface area contributed by atoms with Crippen LogP contribution in [0.1, 0.15) is 116 Å². The SMILES string of the molecule is CCCC(C)CC(C)c1ccc2c(c1)c1ccc(Oc3[c-]c(-n4nc(C)c(-c5ccccc5)c4C)cc(C(C)(C)C)c3)[c-]c1n2-c1cc(C(C)(C)C)ccn1.[Pt+2]. The number of hydrogen-bond donors (Lipinski definition) is 0. The average molecular weight is 924 g/mol. The van der Waals surface area contributed by atoms with E-state index in [1.54, 1.807) is 0 Å². The molecule has 7 aromatic rings. The van der Waals surface area contributed by atoms with Crippen LogP contribution < -0.4 is 4.74 Å². The normalized spacial score (nSPS) is 13.2. The maximum Gasteiger partial charge on any atom is 2.00 e. The predicted molar refractivity (Wildman–Crippen MR) is 229 cm³/mol. The molecular weight excluding hydrogens is 868 g/mol. The molecule has 0 N–H and O–H groups in total. The second kappa shape index (κ2) is 16.2. The Bertz CT molecular complexity index is 2480. The first-order valence-corrected chi connectivity index (χ1v) is 20.0. The molecule has 0 aliphatic carbocycles. The molecule has 0 amide bonds. The van der Waals surface area contributed by atoms with E-state index in [0.717, 1.165) is 56.0 Å². The number of nitrogens with zero attached hydrogens (tertiary/aromatic N) is 4. The minimum atomic E-state index is -0.132. The first-order valence-electron chi connectivity index (χ1n) is 20.0. The summed E-state index contributed by atoms with van der Waals surface area (Å²) in [7, 11) is 0. The van der Waals surface area contributed by atoms with Crippen molar-refractivity contribution in [1.29, 1.82) is 0 Å². The van der Waals surface area contributed by atoms with Gasteiger partial charge in [0.05, 0.1) is 5.69 Å². The zero-order valence-corrected chi connectivity index (χ0v) is 37.2. The van der Waals surface area contributed by atoms with Crippen molar-refractivity contribution in [2.45, 2.75) is 112 Å². The summed E-state index contributed by atoms with van der Waals surface area (Å²) in [5.41, 5.74) is 10.8. The molecule has 2 unspecified atom stereocenters. The van der Waals surface area contributed by atoms with Gasteiger partial charge in [0, 0.05) is 34.5 Å². The summed E-state index contributed by atoms with van der Waals surface area (Å²) in [4.78, 5) is 4.94. The van der Waals surface area contributed by atoms with Crippen molar-refractivity contribution in [3.8, 4) is 34.1 Å². The van der Waals surface area contributed by atoms with Crippen LogP contribution >= 0.6 is 0 Å². The third-order valence-corrected chi connectivity index (χ3v) is 11.1. The van der Waals surface area contributed by atoms with E-state index in [2.05, 4.69) is 166 Å². The number of aryl methyl sites for hydroxylation is 1. The molecule has 0 radical (unpaired) electrons. The third-order valence-electron chi connectivity index (χ3n) is 11.1. The van der Waals surface area contributed by atoms with Crippen LogP contribution in [0, 0.1) is 31.9 Å². The second-order valence-corrected chi connectivity index (χ2v) is 17.7. The molecule has 2 atom stereocenters. The van der Waals surface area contributed by atoms with Crippen LogP contribution in [0.25, 0.3) is 44.4 Å². The molecule has 3 aromatic heterocycles. The largest absolute Gasteiger partial charge is 2.00 e. The van der Waals surface area contributed by atoms with Crippen molar-refractivity contribution in [2.24, 2.45) is 5.92 Å². The summed E-state index contributed by atoms with van der Waals surface area (Å²) in [6.07, 6.45) is 5.58. The van der Waals surface area contributed by atoms with E-state index in [0.29, 0.717) is 23.3 Å². The summed E-state index contributed by atoms with van der Waals surface area (Å²) >= 11 is 0. The van der Waals surface area contributed by atoms with Gasteiger partial charge in [0.2, 0.25) is 0 Å². The Morgan fingerprint density at radius 2 is 1.50 bits per heavy atom. The molecule has 0 saturated heterocycles. The van der Waals surface area contributed by atoms with E-state index >= 15 is 0 Å². The molecule has 5 nitrogen and oxygen atoms in total. The summed E-state index contributed by atoms with van der Waals surface area (Å²) in [6, 6.07) is 37.6. The quantitative estimate of drug-likeness (QED) is 0.128. The first kappa shape index (κ1) is 41.2. The average Bonchev–Trinajstić information content (AvgIpc) is 3.63. The molecule has 0 aliphatic rings. The van der Waals surface area contributed by atoms with Gasteiger partial charge in [-0.25, -0.2) is 4.98 Å². The van der Waals surface area contributed by atoms with Gasteiger partial charge in [-0.2, -0.15) is 11.2 Å². The Kier molecular flexibility index (Phi) is 11.9. The summed E-state index contributed by atoms with van der Waals surface area (Å²) in [5.74, 6) is 3.28. The van der Waals surface area contributed by atoms with Gasteiger partial charge in [0.25, 0.3) is 0 Å². The molecule has 4 aromatic carbocycles. The fourth-order valence-electron chi connectivity index (χ4n) is 8.05. The number of aromatic nitrogens is 4. The molecule has 0 spiro atoms. The van der Waals surface area contributed by atoms with E-state index in [1.807, 2.05) is 23.0 Å². The van der Waals surface area contributed by atoms with Gasteiger partial charge in [0.1, 0.15) is 5.82 Å². The van der Waals surface area contributed by atoms with Crippen LogP contribution in [-0.4, -0.2) is 19.3 Å². The molecule has 7 rings (SSSR count). The van der Waals surface area contributed by atoms with Crippen LogP contribution in [0.3, 0.4) is 0 Å². The van der Waals surface area contributed by atoms with Crippen molar-refractivity contribution in [3.63, 3.8) is 0 Å². The van der Waals surface area contributed by atoms with Crippen molar-refractivity contribution in [2.75, 3.05) is 0 Å². The Morgan fingerprint density at radius 1 is 0.768 bits per heavy atom. The monoisotopic (exact) mass is 923 g/mol. The Hall–Kier alpha value is -4.47. The standard InChI is InChI=1S/C50H56N4O.Pt/c1-12-16-32(2)25-33(3)37-19-22-45-44(26-37)43-21-20-41(31-46(43)53(45)47-29-38(23-24-51-47)49(6,7)8)55-42-28-39(50(9,10)11)27-40(30-42)54-35(5)48(34(4)52-54)36-17-14-13-15-18-36;/h13-15,17-24,26-29,32-33H,12,16,25H2,1-11H3;/q-2;+2. The maximum atomic E-state index is 6.75. The van der Waals surface area contributed by atoms with Gasteiger partial charge in [-0.15, -0.1) is 41.3 Å². The minimum absolute atomic E-state index is 0. The van der Waals surface area contributed by atoms with Gasteiger partial charge in [-0.1, -0.05) is 123 Å². The molecule has 0 bridgehead atoms. The van der Waals surface area contributed by atoms with Crippen molar-refractivity contribution < 1.29 is 25.8 Å². The van der Waals surface area contributed by atoms with E-state index in [1.165, 1.54) is 35.8 Å². The summed E-state index contributed by atoms with van der Waals surface area (Å²) in [5, 5.41) is 7.35. The molecule has 56 heavy (non-hydrogen) atoms. The smallest absolute Gasteiger partial charge is 0.509 e. The maximum absolute atomic E-state index is 6.75. The van der Waals surface area contributed by atoms with E-state index in [4.69, 9.17) is 14.8 Å². The van der Waals surface area contributed by atoms with Gasteiger partial charge in [0.15, 0.2) is 0 Å². The number of rotatable bonds is 10. The van der Waals surface area contributed by atoms with E-state index in [9.17, 15) is 0 Å². The first-order chi connectivity index (χ1) is 26.1. The fourth-order valence-corrected chi connectivity index (χ4v) is 8.05. The minimum Gasteiger partial charge on any atom is -0.509 e. The summed E-state index contributed by atoms with van der Waals surface area (Å²) in [6.45, 7) is 24.6. The summed E-state index contributed by atoms with van der Waals surface area (Å²) < 4.78 is 11.0. The number of hydrogen-bond acceptors (Lipinski definition) is 3. The molecule has 292 valence electrons. The zero-order chi connectivity index (χ0) is 39.2. The number of ether oxygens (including phenoxy) is 1. The number of fused-ring (bicyclic) bond motifs is 3. The molecule has 3 heterocycles. The van der Waals surface area contributed by atoms with Gasteiger partial charge >= 0.3 is 21.1 Å².